The van der Waals surface area contributed by atoms with Crippen molar-refractivity contribution in [2.75, 3.05) is 0 Å². The fourth-order valence-electron chi connectivity index (χ4n) is 0.227. The summed E-state index contributed by atoms with van der Waals surface area (Å²) in [6.07, 6.45) is 2.10. The molecule has 0 aromatic rings. The molecule has 3 heteroatoms. The average molecular weight is 117 g/mol. The van der Waals surface area contributed by atoms with E-state index in [1.54, 1.807) is 0 Å². The maximum absolute atomic E-state index is 7.86. The van der Waals surface area contributed by atoms with Crippen molar-refractivity contribution < 1.29 is 9.94 Å². The highest BCUT2D eigenvalue weighted by atomic mass is 16.5. The molecule has 0 heterocycles. The summed E-state index contributed by atoms with van der Waals surface area (Å²) in [6, 6.07) is 0. The van der Waals surface area contributed by atoms with E-state index in [2.05, 4.69) is 5.16 Å². The van der Waals surface area contributed by atoms with Crippen LogP contribution in [0.15, 0.2) is 5.16 Å². The van der Waals surface area contributed by atoms with Crippen LogP contribution >= 0.6 is 0 Å². The van der Waals surface area contributed by atoms with Gasteiger partial charge in [0.2, 0.25) is 6.40 Å². The summed E-state index contributed by atoms with van der Waals surface area (Å²) < 4.78 is 4.80. The topological polar surface area (TPSA) is 41.8 Å². The van der Waals surface area contributed by atoms with Crippen molar-refractivity contribution in [2.45, 2.75) is 26.4 Å². The molecule has 0 aromatic carbocycles. The normalized spacial score (nSPS) is 14.2. The highest BCUT2D eigenvalue weighted by molar-refractivity contribution is 5.45. The van der Waals surface area contributed by atoms with Crippen molar-refractivity contribution in [1.29, 1.82) is 0 Å². The van der Waals surface area contributed by atoms with E-state index in [9.17, 15) is 0 Å². The number of ether oxygens (including phenoxy) is 1. The molecule has 0 bridgehead atoms. The highest BCUT2D eigenvalue weighted by Gasteiger charge is 1.92. The molecule has 0 aliphatic carbocycles. The van der Waals surface area contributed by atoms with Gasteiger partial charge in [0, 0.05) is 0 Å². The summed E-state index contributed by atoms with van der Waals surface area (Å²) in [7, 11) is 0. The molecule has 8 heavy (non-hydrogen) atoms. The summed E-state index contributed by atoms with van der Waals surface area (Å²) in [5, 5.41) is 10.5. The number of hydrogen-bond acceptors (Lipinski definition) is 3. The third-order valence-electron chi connectivity index (χ3n) is 0.915. The van der Waals surface area contributed by atoms with Crippen LogP contribution in [0.25, 0.3) is 0 Å². The Labute approximate surface area is 49.0 Å². The first-order valence-corrected chi connectivity index (χ1v) is 2.62. The minimum absolute atomic E-state index is 0.144. The van der Waals surface area contributed by atoms with Crippen LogP contribution in [0.4, 0.5) is 0 Å². The quantitative estimate of drug-likeness (QED) is 0.261. The number of nitrogens with zero attached hydrogens (tertiary/aromatic N) is 1. The second kappa shape index (κ2) is 4.43. The van der Waals surface area contributed by atoms with Gasteiger partial charge >= 0.3 is 0 Å². The van der Waals surface area contributed by atoms with Gasteiger partial charge in [-0.1, -0.05) is 12.1 Å². The van der Waals surface area contributed by atoms with Crippen molar-refractivity contribution in [3.05, 3.63) is 0 Å². The van der Waals surface area contributed by atoms with Gasteiger partial charge < -0.3 is 9.94 Å². The van der Waals surface area contributed by atoms with E-state index < -0.39 is 0 Å². The zero-order chi connectivity index (χ0) is 6.41. The van der Waals surface area contributed by atoms with Gasteiger partial charge in [-0.2, -0.15) is 0 Å². The fraction of sp³-hybridized carbons (Fsp3) is 0.800. The monoisotopic (exact) mass is 117 g/mol. The molecule has 0 aliphatic heterocycles. The second-order valence-electron chi connectivity index (χ2n) is 1.58. The molecule has 1 unspecified atom stereocenters. The molecular weight excluding hydrogens is 106 g/mol. The zero-order valence-electron chi connectivity index (χ0n) is 5.16. The molecule has 0 fully saturated rings. The molecule has 0 rings (SSSR count). The molecule has 3 nitrogen and oxygen atoms in total. The maximum atomic E-state index is 7.86. The van der Waals surface area contributed by atoms with E-state index in [4.69, 9.17) is 9.94 Å². The van der Waals surface area contributed by atoms with Gasteiger partial charge in [-0.15, -0.1) is 0 Å². The van der Waals surface area contributed by atoms with Crippen LogP contribution in [-0.4, -0.2) is 17.7 Å². The van der Waals surface area contributed by atoms with E-state index >= 15 is 0 Å². The van der Waals surface area contributed by atoms with Gasteiger partial charge in [-0.05, 0) is 13.3 Å². The summed E-state index contributed by atoms with van der Waals surface area (Å²) >= 11 is 0. The van der Waals surface area contributed by atoms with E-state index in [1.165, 1.54) is 0 Å². The molecule has 0 saturated carbocycles. The summed E-state index contributed by atoms with van der Waals surface area (Å²) in [4.78, 5) is 0. The van der Waals surface area contributed by atoms with Gasteiger partial charge in [-0.25, -0.2) is 0 Å². The van der Waals surface area contributed by atoms with Crippen LogP contribution in [0.2, 0.25) is 0 Å². The Kier molecular flexibility index (Phi) is 4.03. The van der Waals surface area contributed by atoms with Crippen LogP contribution in [0.1, 0.15) is 20.3 Å². The first-order valence-electron chi connectivity index (χ1n) is 2.62. The van der Waals surface area contributed by atoms with E-state index in [-0.39, 0.29) is 6.10 Å². The Morgan fingerprint density at radius 2 is 2.50 bits per heavy atom. The van der Waals surface area contributed by atoms with Gasteiger partial charge in [0.25, 0.3) is 0 Å². The third kappa shape index (κ3) is 3.46. The molecule has 0 aliphatic rings. The summed E-state index contributed by atoms with van der Waals surface area (Å²) in [6.45, 7) is 3.90. The Hall–Kier alpha value is -0.730. The Bertz CT molecular complexity index is 72.8. The molecule has 1 atom stereocenters. The SMILES string of the molecule is CCC(C)OC=NO. The first kappa shape index (κ1) is 7.27. The molecule has 48 valence electrons. The van der Waals surface area contributed by atoms with Gasteiger partial charge in [-0.3, -0.25) is 0 Å². The van der Waals surface area contributed by atoms with Crippen molar-refractivity contribution in [3.8, 4) is 0 Å². The number of hydrogen-bond donors (Lipinski definition) is 1. The minimum Gasteiger partial charge on any atom is -0.478 e. The minimum atomic E-state index is 0.144. The van der Waals surface area contributed by atoms with Crippen molar-refractivity contribution in [3.63, 3.8) is 0 Å². The van der Waals surface area contributed by atoms with E-state index in [0.29, 0.717) is 0 Å². The van der Waals surface area contributed by atoms with Crippen molar-refractivity contribution >= 4 is 6.40 Å². The summed E-state index contributed by atoms with van der Waals surface area (Å²) in [5.41, 5.74) is 0. The average Bonchev–Trinajstić information content (AvgIpc) is 1.83. The maximum Gasteiger partial charge on any atom is 0.212 e. The standard InChI is InChI=1S/C5H11NO2/c1-3-5(2)8-4-6-7/h4-5,7H,3H2,1-2H3. The molecular formula is C5H11NO2. The Morgan fingerprint density at radius 1 is 1.88 bits per heavy atom. The Morgan fingerprint density at radius 3 is 2.88 bits per heavy atom. The molecule has 0 spiro atoms. The highest BCUT2D eigenvalue weighted by Crippen LogP contribution is 1.91. The van der Waals surface area contributed by atoms with Crippen LogP contribution in [-0.2, 0) is 4.74 Å². The predicted molar refractivity (Wildman–Crippen MR) is 31.1 cm³/mol. The number of oxime groups is 1. The lowest BCUT2D eigenvalue weighted by atomic mass is 10.3. The van der Waals surface area contributed by atoms with Gasteiger partial charge in [0.15, 0.2) is 0 Å². The second-order valence-corrected chi connectivity index (χ2v) is 1.58. The largest absolute Gasteiger partial charge is 0.478 e. The molecule has 0 saturated heterocycles. The molecule has 0 aromatic heterocycles. The lowest BCUT2D eigenvalue weighted by molar-refractivity contribution is 0.198. The van der Waals surface area contributed by atoms with Crippen LogP contribution in [0.5, 0.6) is 0 Å². The van der Waals surface area contributed by atoms with E-state index in [1.807, 2.05) is 13.8 Å². The van der Waals surface area contributed by atoms with Crippen LogP contribution < -0.4 is 0 Å². The lowest BCUT2D eigenvalue weighted by Gasteiger charge is -2.04. The third-order valence-corrected chi connectivity index (χ3v) is 0.915. The van der Waals surface area contributed by atoms with Crippen LogP contribution in [0.3, 0.4) is 0 Å². The van der Waals surface area contributed by atoms with Crippen LogP contribution in [0, 0.1) is 0 Å². The van der Waals surface area contributed by atoms with Gasteiger partial charge in [0.1, 0.15) is 0 Å². The Balaban J connectivity index is 3.10. The smallest absolute Gasteiger partial charge is 0.212 e. The lowest BCUT2D eigenvalue weighted by Crippen LogP contribution is -2.03. The predicted octanol–water partition coefficient (Wildman–Crippen LogP) is 1.22. The number of rotatable bonds is 3. The van der Waals surface area contributed by atoms with E-state index in [0.717, 1.165) is 12.8 Å². The molecule has 1 N–H and O–H groups in total. The molecule has 0 radical (unpaired) electrons. The first-order chi connectivity index (χ1) is 3.81. The zero-order valence-corrected chi connectivity index (χ0v) is 5.16. The molecule has 0 amide bonds. The van der Waals surface area contributed by atoms with Crippen molar-refractivity contribution in [2.24, 2.45) is 5.16 Å². The van der Waals surface area contributed by atoms with Gasteiger partial charge in [0.05, 0.1) is 6.10 Å². The summed E-state index contributed by atoms with van der Waals surface area (Å²) in [5.74, 6) is 0. The fourth-order valence-corrected chi connectivity index (χ4v) is 0.227. The van der Waals surface area contributed by atoms with Crippen molar-refractivity contribution in [1.82, 2.24) is 0 Å².